The summed E-state index contributed by atoms with van der Waals surface area (Å²) in [5, 5.41) is 0. The minimum absolute atomic E-state index is 0.521. The van der Waals surface area contributed by atoms with Crippen LogP contribution in [0.2, 0.25) is 0 Å². The molecule has 0 rings (SSSR count). The molecule has 4 nitrogen and oxygen atoms in total. The van der Waals surface area contributed by atoms with Crippen molar-refractivity contribution in [2.75, 3.05) is 19.8 Å². The van der Waals surface area contributed by atoms with E-state index in [2.05, 4.69) is 0 Å². The molecule has 0 aliphatic heterocycles. The molecule has 92 valence electrons. The van der Waals surface area contributed by atoms with E-state index in [0.29, 0.717) is 30.3 Å². The molecule has 0 amide bonds. The lowest BCUT2D eigenvalue weighted by Crippen LogP contribution is -2.42. The van der Waals surface area contributed by atoms with Gasteiger partial charge in [0.1, 0.15) is 0 Å². The highest BCUT2D eigenvalue weighted by Gasteiger charge is 2.32. The maximum atomic E-state index is 5.50. The molecule has 0 bridgehead atoms. The molecule has 0 fully saturated rings. The average molecular weight is 236 g/mol. The van der Waals surface area contributed by atoms with Crippen LogP contribution in [0.5, 0.6) is 0 Å². The van der Waals surface area contributed by atoms with Crippen LogP contribution in [0.4, 0.5) is 0 Å². The van der Waals surface area contributed by atoms with Crippen LogP contribution < -0.4 is 0 Å². The summed E-state index contributed by atoms with van der Waals surface area (Å²) in [6.45, 7) is 7.85. The van der Waals surface area contributed by atoms with Gasteiger partial charge in [0, 0.05) is 0 Å². The summed E-state index contributed by atoms with van der Waals surface area (Å²) in [6.07, 6.45) is 1.50. The second-order valence-electron chi connectivity index (χ2n) is 3.25. The maximum absolute atomic E-state index is 5.50. The largest absolute Gasteiger partial charge is 0.402 e. The van der Waals surface area contributed by atoms with Gasteiger partial charge in [-0.3, -0.25) is 0 Å². The number of rotatable bonds is 10. The first-order valence-electron chi connectivity index (χ1n) is 5.71. The van der Waals surface area contributed by atoms with Gasteiger partial charge in [-0.15, -0.1) is 0 Å². The fourth-order valence-electron chi connectivity index (χ4n) is 0.983. The molecule has 15 heavy (non-hydrogen) atoms. The van der Waals surface area contributed by atoms with Gasteiger partial charge < -0.3 is 18.6 Å². The van der Waals surface area contributed by atoms with Gasteiger partial charge in [0.05, 0.1) is 19.8 Å². The molecule has 0 aliphatic rings. The normalized spacial score (nSPS) is 12.2. The minimum Gasteiger partial charge on any atom is -0.357 e. The average Bonchev–Trinajstić information content (AvgIpc) is 2.29. The zero-order chi connectivity index (χ0) is 11.6. The van der Waals surface area contributed by atoms with Gasteiger partial charge in [-0.05, 0) is 19.3 Å². The third-order valence-corrected chi connectivity index (χ3v) is 2.20. The van der Waals surface area contributed by atoms with E-state index in [1.807, 2.05) is 20.8 Å². The van der Waals surface area contributed by atoms with Crippen molar-refractivity contribution in [3.05, 3.63) is 0 Å². The van der Waals surface area contributed by atoms with Crippen molar-refractivity contribution >= 4 is 10.5 Å². The predicted molar refractivity (Wildman–Crippen MR) is 62.5 cm³/mol. The fourth-order valence-corrected chi connectivity index (χ4v) is 1.34. The van der Waals surface area contributed by atoms with Crippen LogP contribution in [0, 0.1) is 0 Å². The summed E-state index contributed by atoms with van der Waals surface area (Å²) in [5.41, 5.74) is 0. The van der Waals surface area contributed by atoms with Crippen LogP contribution >= 0.6 is 0 Å². The van der Waals surface area contributed by atoms with Crippen molar-refractivity contribution in [2.45, 2.75) is 46.2 Å². The van der Waals surface area contributed by atoms with Gasteiger partial charge in [0.15, 0.2) is 10.5 Å². The molecule has 0 unspecified atom stereocenters. The summed E-state index contributed by atoms with van der Waals surface area (Å²) >= 11 is 0. The first kappa shape index (κ1) is 15.1. The molecule has 0 saturated carbocycles. The molecular formula is C10H24O4Si. The Hall–Kier alpha value is 0.0569. The topological polar surface area (TPSA) is 36.9 Å². The first-order valence-corrected chi connectivity index (χ1v) is 6.53. The Morgan fingerprint density at radius 2 is 1.13 bits per heavy atom. The molecular weight excluding hydrogens is 212 g/mol. The third-order valence-electron chi connectivity index (χ3n) is 1.70. The Balaban J connectivity index is 4.16. The van der Waals surface area contributed by atoms with E-state index in [-0.39, 0.29) is 0 Å². The predicted octanol–water partition coefficient (Wildman–Crippen LogP) is 1.17. The molecule has 0 aromatic heterocycles. The first-order chi connectivity index (χ1) is 7.24. The molecule has 5 heteroatoms. The van der Waals surface area contributed by atoms with Crippen LogP contribution in [-0.4, -0.2) is 36.5 Å². The maximum Gasteiger partial charge on any atom is 0.402 e. The molecule has 0 N–H and O–H groups in total. The highest BCUT2D eigenvalue weighted by molar-refractivity contribution is 5.98. The lowest BCUT2D eigenvalue weighted by atomic mass is 10.5. The van der Waals surface area contributed by atoms with E-state index in [1.165, 1.54) is 0 Å². The summed E-state index contributed by atoms with van der Waals surface area (Å²) in [5.74, 6) is 0. The summed E-state index contributed by atoms with van der Waals surface area (Å²) in [7, 11) is 0.521. The molecule has 0 saturated heterocycles. The van der Waals surface area contributed by atoms with Crippen LogP contribution in [0.15, 0.2) is 0 Å². The van der Waals surface area contributed by atoms with Crippen molar-refractivity contribution in [2.24, 2.45) is 0 Å². The molecule has 0 aromatic carbocycles. The molecule has 0 radical (unpaired) electrons. The van der Waals surface area contributed by atoms with E-state index in [4.69, 9.17) is 18.6 Å². The van der Waals surface area contributed by atoms with Gasteiger partial charge in [0.25, 0.3) is 0 Å². The molecule has 0 aliphatic carbocycles. The van der Waals surface area contributed by atoms with Crippen molar-refractivity contribution in [1.29, 1.82) is 0 Å². The van der Waals surface area contributed by atoms with E-state index in [9.17, 15) is 0 Å². The highest BCUT2D eigenvalue weighted by Crippen LogP contribution is 2.17. The van der Waals surface area contributed by atoms with E-state index < -0.39 is 6.16 Å². The van der Waals surface area contributed by atoms with Crippen LogP contribution in [-0.2, 0) is 18.6 Å². The van der Waals surface area contributed by atoms with Crippen molar-refractivity contribution in [3.63, 3.8) is 0 Å². The number of hydrogen-bond acceptors (Lipinski definition) is 4. The molecule has 0 aromatic rings. The van der Waals surface area contributed by atoms with E-state index in [1.54, 1.807) is 0 Å². The zero-order valence-electron chi connectivity index (χ0n) is 10.4. The smallest absolute Gasteiger partial charge is 0.357 e. The fraction of sp³-hybridized carbons (Fsp3) is 1.00. The highest BCUT2D eigenvalue weighted by atomic mass is 28.2. The van der Waals surface area contributed by atoms with Crippen LogP contribution in [0.1, 0.15) is 40.0 Å². The summed E-state index contributed by atoms with van der Waals surface area (Å²) in [4.78, 5) is 0. The second kappa shape index (κ2) is 9.29. The quantitative estimate of drug-likeness (QED) is 0.421. The Morgan fingerprint density at radius 3 is 1.33 bits per heavy atom. The van der Waals surface area contributed by atoms with Gasteiger partial charge >= 0.3 is 6.16 Å². The summed E-state index contributed by atoms with van der Waals surface area (Å²) in [6, 6.07) is 0. The third kappa shape index (κ3) is 6.27. The van der Waals surface area contributed by atoms with Gasteiger partial charge in [0.2, 0.25) is 0 Å². The van der Waals surface area contributed by atoms with Gasteiger partial charge in [-0.25, -0.2) is 0 Å². The lowest BCUT2D eigenvalue weighted by Gasteiger charge is -2.31. The standard InChI is InChI=1S/C10H24O4Si/c1-4-7-11-10(14-15,12-8-5-2)13-9-6-3/h4-9H2,1-3,15H3. The van der Waals surface area contributed by atoms with Crippen molar-refractivity contribution in [1.82, 2.24) is 0 Å². The molecule has 0 spiro atoms. The SMILES string of the molecule is CCCOC(O[SiH3])(OCCC)OCCC. The molecule has 0 heterocycles. The Labute approximate surface area is 95.8 Å². The Kier molecular flexibility index (Phi) is 9.33. The summed E-state index contributed by atoms with van der Waals surface area (Å²) < 4.78 is 21.8. The second-order valence-corrected chi connectivity index (χ2v) is 3.66. The molecule has 0 atom stereocenters. The Morgan fingerprint density at radius 1 is 0.800 bits per heavy atom. The zero-order valence-corrected chi connectivity index (χ0v) is 12.4. The van der Waals surface area contributed by atoms with Gasteiger partial charge in [-0.1, -0.05) is 20.8 Å². The van der Waals surface area contributed by atoms with Crippen molar-refractivity contribution in [3.8, 4) is 0 Å². The minimum atomic E-state index is -1.24. The lowest BCUT2D eigenvalue weighted by molar-refractivity contribution is -0.471. The number of hydrogen-bond donors (Lipinski definition) is 0. The van der Waals surface area contributed by atoms with Crippen LogP contribution in [0.3, 0.4) is 0 Å². The monoisotopic (exact) mass is 236 g/mol. The van der Waals surface area contributed by atoms with E-state index >= 15 is 0 Å². The van der Waals surface area contributed by atoms with Crippen molar-refractivity contribution < 1.29 is 18.6 Å². The Bertz CT molecular complexity index is 122. The number of ether oxygens (including phenoxy) is 3. The van der Waals surface area contributed by atoms with Gasteiger partial charge in [-0.2, -0.15) is 0 Å². The van der Waals surface area contributed by atoms with E-state index in [0.717, 1.165) is 19.3 Å². The van der Waals surface area contributed by atoms with Crippen LogP contribution in [0.25, 0.3) is 0 Å².